The first-order chi connectivity index (χ1) is 16.9. The third-order valence-electron chi connectivity index (χ3n) is 6.05. The number of hydrogen-bond acceptors (Lipinski definition) is 5. The van der Waals surface area contributed by atoms with Crippen LogP contribution in [0.5, 0.6) is 0 Å². The zero-order chi connectivity index (χ0) is 25.2. The lowest BCUT2D eigenvalue weighted by atomic mass is 9.98. The molecular weight excluding hydrogens is 430 g/mol. The molecule has 0 radical (unpaired) electrons. The number of hydrogen-bond donors (Lipinski definition) is 4. The van der Waals surface area contributed by atoms with Crippen molar-refractivity contribution in [2.24, 2.45) is 5.10 Å². The standard InChI is InChI=1S/C30H39N5/c1-6-11-21(3)30(35-33-27-13-9-8-10-14-27)23(5)32-34-29-18-16-24(19-22(29)4)25-15-17-28(31)26(20-25)12-7-2/h8-10,13-20,23,32-34H,3,6-7,11-12,31H2,1-2,4-5H3/b35-30-. The first-order valence-electron chi connectivity index (χ1n) is 12.5. The summed E-state index contributed by atoms with van der Waals surface area (Å²) in [5.41, 5.74) is 25.6. The van der Waals surface area contributed by atoms with Crippen molar-refractivity contribution >= 4 is 22.8 Å². The van der Waals surface area contributed by atoms with E-state index in [9.17, 15) is 0 Å². The Labute approximate surface area is 210 Å². The molecule has 3 aromatic carbocycles. The van der Waals surface area contributed by atoms with Gasteiger partial charge in [-0.1, -0.05) is 63.6 Å². The molecule has 0 aliphatic carbocycles. The Bertz CT molecular complexity index is 1150. The summed E-state index contributed by atoms with van der Waals surface area (Å²) in [7, 11) is 0. The molecular formula is C30H39N5. The maximum Gasteiger partial charge on any atom is 0.0817 e. The van der Waals surface area contributed by atoms with Gasteiger partial charge in [0.15, 0.2) is 0 Å². The van der Waals surface area contributed by atoms with Crippen LogP contribution in [0.3, 0.4) is 0 Å². The van der Waals surface area contributed by atoms with Crippen LogP contribution in [0.25, 0.3) is 11.1 Å². The molecule has 3 aromatic rings. The highest BCUT2D eigenvalue weighted by Gasteiger charge is 2.14. The lowest BCUT2D eigenvalue weighted by Gasteiger charge is -2.21. The summed E-state index contributed by atoms with van der Waals surface area (Å²) in [6.07, 6.45) is 3.99. The minimum atomic E-state index is -0.0435. The Balaban J connectivity index is 1.72. The van der Waals surface area contributed by atoms with Crippen molar-refractivity contribution < 1.29 is 0 Å². The summed E-state index contributed by atoms with van der Waals surface area (Å²) >= 11 is 0. The van der Waals surface area contributed by atoms with Crippen molar-refractivity contribution in [3.63, 3.8) is 0 Å². The Morgan fingerprint density at radius 3 is 2.37 bits per heavy atom. The Hall–Kier alpha value is -3.57. The number of hydrazine groups is 1. The predicted molar refractivity (Wildman–Crippen MR) is 153 cm³/mol. The second kappa shape index (κ2) is 12.8. The number of rotatable bonds is 12. The van der Waals surface area contributed by atoms with Crippen molar-refractivity contribution in [2.45, 2.75) is 59.4 Å². The quantitative estimate of drug-likeness (QED) is 0.127. The molecule has 0 heterocycles. The molecule has 35 heavy (non-hydrogen) atoms. The van der Waals surface area contributed by atoms with E-state index in [-0.39, 0.29) is 6.04 Å². The minimum Gasteiger partial charge on any atom is -0.399 e. The fourth-order valence-corrected chi connectivity index (χ4v) is 4.06. The van der Waals surface area contributed by atoms with Gasteiger partial charge >= 0.3 is 0 Å². The second-order valence-electron chi connectivity index (χ2n) is 9.01. The van der Waals surface area contributed by atoms with Crippen LogP contribution in [-0.2, 0) is 6.42 Å². The van der Waals surface area contributed by atoms with E-state index in [1.54, 1.807) is 0 Å². The molecule has 1 unspecified atom stereocenters. The van der Waals surface area contributed by atoms with Crippen LogP contribution in [0.4, 0.5) is 17.1 Å². The van der Waals surface area contributed by atoms with E-state index in [4.69, 9.17) is 5.73 Å². The van der Waals surface area contributed by atoms with Gasteiger partial charge in [-0.3, -0.25) is 5.43 Å². The van der Waals surface area contributed by atoms with E-state index in [0.29, 0.717) is 0 Å². The first kappa shape index (κ1) is 26.0. The zero-order valence-electron chi connectivity index (χ0n) is 21.5. The van der Waals surface area contributed by atoms with Crippen LogP contribution >= 0.6 is 0 Å². The molecule has 0 aliphatic heterocycles. The third kappa shape index (κ3) is 7.20. The number of aryl methyl sites for hydroxylation is 2. The van der Waals surface area contributed by atoms with Gasteiger partial charge in [0.05, 0.1) is 23.1 Å². The largest absolute Gasteiger partial charge is 0.399 e. The summed E-state index contributed by atoms with van der Waals surface area (Å²) < 4.78 is 0. The molecule has 0 spiro atoms. The van der Waals surface area contributed by atoms with E-state index in [0.717, 1.165) is 59.6 Å². The minimum absolute atomic E-state index is 0.0435. The fourth-order valence-electron chi connectivity index (χ4n) is 4.06. The average molecular weight is 470 g/mol. The summed E-state index contributed by atoms with van der Waals surface area (Å²) in [6, 6.07) is 22.7. The maximum absolute atomic E-state index is 6.16. The van der Waals surface area contributed by atoms with Gasteiger partial charge in [0.25, 0.3) is 0 Å². The Kier molecular flexibility index (Phi) is 9.50. The van der Waals surface area contributed by atoms with Gasteiger partial charge in [-0.15, -0.1) is 0 Å². The molecule has 5 nitrogen and oxygen atoms in total. The first-order valence-corrected chi connectivity index (χ1v) is 12.5. The van der Waals surface area contributed by atoms with Crippen LogP contribution in [0.1, 0.15) is 51.2 Å². The molecule has 0 saturated carbocycles. The van der Waals surface area contributed by atoms with E-state index in [1.165, 1.54) is 16.7 Å². The SMILES string of the molecule is C=C(CCC)/C(=N/Nc1ccccc1)C(C)NNc1ccc(-c2ccc(N)c(CCC)c2)cc1C. The van der Waals surface area contributed by atoms with Crippen LogP contribution in [-0.4, -0.2) is 11.8 Å². The van der Waals surface area contributed by atoms with Gasteiger partial charge in [-0.2, -0.15) is 5.10 Å². The number of benzene rings is 3. The number of anilines is 3. The number of nitrogens with two attached hydrogens (primary N) is 1. The molecule has 0 fully saturated rings. The summed E-state index contributed by atoms with van der Waals surface area (Å²) in [5.74, 6) is 0. The smallest absolute Gasteiger partial charge is 0.0817 e. The highest BCUT2D eigenvalue weighted by molar-refractivity contribution is 6.03. The molecule has 0 aromatic heterocycles. The molecule has 1 atom stereocenters. The second-order valence-corrected chi connectivity index (χ2v) is 9.01. The summed E-state index contributed by atoms with van der Waals surface area (Å²) in [5, 5.41) is 4.69. The molecule has 3 rings (SSSR count). The topological polar surface area (TPSA) is 74.5 Å². The number of nitrogens with zero attached hydrogens (tertiary/aromatic N) is 1. The third-order valence-corrected chi connectivity index (χ3v) is 6.05. The lowest BCUT2D eigenvalue weighted by molar-refractivity contribution is 0.741. The Morgan fingerprint density at radius 1 is 0.971 bits per heavy atom. The van der Waals surface area contributed by atoms with Crippen molar-refractivity contribution in [2.75, 3.05) is 16.6 Å². The molecule has 0 bridgehead atoms. The van der Waals surface area contributed by atoms with E-state index >= 15 is 0 Å². The normalized spacial score (nSPS) is 12.3. The van der Waals surface area contributed by atoms with Gasteiger partial charge in [-0.25, -0.2) is 5.43 Å². The summed E-state index contributed by atoms with van der Waals surface area (Å²) in [6.45, 7) is 12.8. The van der Waals surface area contributed by atoms with Crippen molar-refractivity contribution in [3.05, 3.63) is 90.0 Å². The number of nitrogen functional groups attached to an aromatic ring is 1. The van der Waals surface area contributed by atoms with Crippen molar-refractivity contribution in [1.82, 2.24) is 5.43 Å². The van der Waals surface area contributed by atoms with Crippen molar-refractivity contribution in [3.8, 4) is 11.1 Å². The number of para-hydroxylation sites is 1. The molecule has 0 saturated heterocycles. The molecule has 0 aliphatic rings. The van der Waals surface area contributed by atoms with Crippen LogP contribution in [0.15, 0.2) is 84.0 Å². The van der Waals surface area contributed by atoms with Crippen LogP contribution in [0.2, 0.25) is 0 Å². The molecule has 0 amide bonds. The van der Waals surface area contributed by atoms with Gasteiger partial charge in [-0.05, 0) is 90.9 Å². The van der Waals surface area contributed by atoms with Gasteiger partial charge in [0.1, 0.15) is 0 Å². The zero-order valence-corrected chi connectivity index (χ0v) is 21.5. The molecule has 184 valence electrons. The molecule has 5 heteroatoms. The Morgan fingerprint density at radius 2 is 1.69 bits per heavy atom. The molecule has 5 N–H and O–H groups in total. The van der Waals surface area contributed by atoms with Crippen LogP contribution < -0.4 is 22.0 Å². The van der Waals surface area contributed by atoms with Gasteiger partial charge in [0, 0.05) is 5.69 Å². The highest BCUT2D eigenvalue weighted by Crippen LogP contribution is 2.28. The fraction of sp³-hybridized carbons (Fsp3) is 0.300. The monoisotopic (exact) mass is 469 g/mol. The predicted octanol–water partition coefficient (Wildman–Crippen LogP) is 7.33. The van der Waals surface area contributed by atoms with Crippen molar-refractivity contribution in [1.29, 1.82) is 0 Å². The van der Waals surface area contributed by atoms with E-state index in [1.807, 2.05) is 36.4 Å². The number of nitrogens with one attached hydrogen (secondary N) is 3. The average Bonchev–Trinajstić information content (AvgIpc) is 2.85. The van der Waals surface area contributed by atoms with Gasteiger partial charge in [0.2, 0.25) is 0 Å². The van der Waals surface area contributed by atoms with Gasteiger partial charge < -0.3 is 11.2 Å². The van der Waals surface area contributed by atoms with E-state index < -0.39 is 0 Å². The van der Waals surface area contributed by atoms with Crippen LogP contribution in [0, 0.1) is 6.92 Å². The number of hydrazone groups is 1. The maximum atomic E-state index is 6.16. The van der Waals surface area contributed by atoms with E-state index in [2.05, 4.69) is 86.0 Å². The lowest BCUT2D eigenvalue weighted by Crippen LogP contribution is -2.39. The summed E-state index contributed by atoms with van der Waals surface area (Å²) in [4.78, 5) is 0. The highest BCUT2D eigenvalue weighted by atomic mass is 15.4.